The fourth-order valence-electron chi connectivity index (χ4n) is 2.18. The van der Waals surface area contributed by atoms with Crippen LogP contribution in [0.25, 0.3) is 0 Å². The molecule has 0 amide bonds. The summed E-state index contributed by atoms with van der Waals surface area (Å²) in [5, 5.41) is 4.52. The van der Waals surface area contributed by atoms with Gasteiger partial charge >= 0.3 is 0 Å². The molecule has 1 aromatic rings. The maximum Gasteiger partial charge on any atom is 0.0408 e. The second kappa shape index (κ2) is 6.67. The maximum absolute atomic E-state index is 6.01. The summed E-state index contributed by atoms with van der Waals surface area (Å²) in [5.74, 6) is 3.15. The smallest absolute Gasteiger partial charge is 0.0408 e. The van der Waals surface area contributed by atoms with Crippen molar-refractivity contribution < 1.29 is 0 Å². The zero-order chi connectivity index (χ0) is 12.1. The monoisotopic (exact) mass is 269 g/mol. The van der Waals surface area contributed by atoms with Crippen LogP contribution in [-0.2, 0) is 0 Å². The van der Waals surface area contributed by atoms with E-state index in [0.717, 1.165) is 17.6 Å². The lowest BCUT2D eigenvalue weighted by Gasteiger charge is -2.24. The van der Waals surface area contributed by atoms with E-state index >= 15 is 0 Å². The SMILES string of the molecule is CC(CNC1CCSCC1)c1cccc(Cl)c1. The first-order chi connectivity index (χ1) is 8.25. The van der Waals surface area contributed by atoms with Gasteiger partial charge in [-0.2, -0.15) is 11.8 Å². The number of benzene rings is 1. The third kappa shape index (κ3) is 4.20. The highest BCUT2D eigenvalue weighted by atomic mass is 35.5. The molecule has 1 aromatic carbocycles. The van der Waals surface area contributed by atoms with Gasteiger partial charge in [-0.1, -0.05) is 30.7 Å². The maximum atomic E-state index is 6.01. The van der Waals surface area contributed by atoms with E-state index in [0.29, 0.717) is 5.92 Å². The molecule has 1 N–H and O–H groups in total. The Balaban J connectivity index is 1.82. The molecule has 94 valence electrons. The summed E-state index contributed by atoms with van der Waals surface area (Å²) in [6.07, 6.45) is 2.62. The van der Waals surface area contributed by atoms with E-state index in [1.54, 1.807) is 0 Å². The molecule has 3 heteroatoms. The van der Waals surface area contributed by atoms with Gasteiger partial charge in [-0.25, -0.2) is 0 Å². The van der Waals surface area contributed by atoms with Crippen LogP contribution < -0.4 is 5.32 Å². The molecule has 0 bridgehead atoms. The van der Waals surface area contributed by atoms with E-state index in [4.69, 9.17) is 11.6 Å². The van der Waals surface area contributed by atoms with Crippen molar-refractivity contribution in [3.05, 3.63) is 34.9 Å². The lowest BCUT2D eigenvalue weighted by Crippen LogP contribution is -2.34. The third-order valence-corrected chi connectivity index (χ3v) is 4.64. The Morgan fingerprint density at radius 3 is 2.88 bits per heavy atom. The molecule has 1 fully saturated rings. The van der Waals surface area contributed by atoms with Crippen molar-refractivity contribution in [1.82, 2.24) is 5.32 Å². The minimum absolute atomic E-state index is 0.531. The Hall–Kier alpha value is -0.180. The molecule has 1 unspecified atom stereocenters. The number of rotatable bonds is 4. The number of hydrogen-bond acceptors (Lipinski definition) is 2. The number of nitrogens with one attached hydrogen (secondary N) is 1. The van der Waals surface area contributed by atoms with Crippen molar-refractivity contribution in [2.24, 2.45) is 0 Å². The van der Waals surface area contributed by atoms with Gasteiger partial charge in [-0.05, 0) is 48.0 Å². The van der Waals surface area contributed by atoms with Crippen LogP contribution in [-0.4, -0.2) is 24.1 Å². The van der Waals surface area contributed by atoms with Gasteiger partial charge in [0.15, 0.2) is 0 Å². The van der Waals surface area contributed by atoms with Crippen molar-refractivity contribution in [2.75, 3.05) is 18.1 Å². The van der Waals surface area contributed by atoms with Crippen LogP contribution in [0.3, 0.4) is 0 Å². The first-order valence-corrected chi connectivity index (χ1v) is 7.85. The summed E-state index contributed by atoms with van der Waals surface area (Å²) >= 11 is 8.09. The number of hydrogen-bond donors (Lipinski definition) is 1. The quantitative estimate of drug-likeness (QED) is 0.889. The van der Waals surface area contributed by atoms with E-state index in [1.807, 2.05) is 12.1 Å². The second-order valence-corrected chi connectivity index (χ2v) is 6.41. The van der Waals surface area contributed by atoms with Crippen LogP contribution in [0.2, 0.25) is 5.02 Å². The van der Waals surface area contributed by atoms with Crippen molar-refractivity contribution >= 4 is 23.4 Å². The van der Waals surface area contributed by atoms with Gasteiger partial charge < -0.3 is 5.32 Å². The average molecular weight is 270 g/mol. The average Bonchev–Trinajstić information content (AvgIpc) is 2.37. The molecular weight excluding hydrogens is 250 g/mol. The third-order valence-electron chi connectivity index (χ3n) is 3.35. The fraction of sp³-hybridized carbons (Fsp3) is 0.571. The molecule has 0 aliphatic carbocycles. The van der Waals surface area contributed by atoms with Gasteiger partial charge in [-0.15, -0.1) is 0 Å². The highest BCUT2D eigenvalue weighted by molar-refractivity contribution is 7.99. The normalized spacial score (nSPS) is 19.2. The Bertz CT molecular complexity index is 350. The lowest BCUT2D eigenvalue weighted by atomic mass is 10.0. The lowest BCUT2D eigenvalue weighted by molar-refractivity contribution is 0.465. The van der Waals surface area contributed by atoms with Gasteiger partial charge in [0.05, 0.1) is 0 Å². The Kier molecular flexibility index (Phi) is 5.20. The first-order valence-electron chi connectivity index (χ1n) is 6.32. The summed E-state index contributed by atoms with van der Waals surface area (Å²) in [6, 6.07) is 8.92. The Morgan fingerprint density at radius 2 is 2.18 bits per heavy atom. The standard InChI is InChI=1S/C14H20ClNS/c1-11(12-3-2-4-13(15)9-12)10-16-14-5-7-17-8-6-14/h2-4,9,11,14,16H,5-8,10H2,1H3. The minimum atomic E-state index is 0.531. The molecule has 17 heavy (non-hydrogen) atoms. The van der Waals surface area contributed by atoms with Crippen LogP contribution in [0.15, 0.2) is 24.3 Å². The van der Waals surface area contributed by atoms with E-state index in [9.17, 15) is 0 Å². The van der Waals surface area contributed by atoms with E-state index in [1.165, 1.54) is 29.9 Å². The predicted molar refractivity (Wildman–Crippen MR) is 78.2 cm³/mol. The highest BCUT2D eigenvalue weighted by Crippen LogP contribution is 2.20. The van der Waals surface area contributed by atoms with Gasteiger partial charge in [0, 0.05) is 17.6 Å². The molecule has 0 spiro atoms. The van der Waals surface area contributed by atoms with Crippen LogP contribution in [0, 0.1) is 0 Å². The molecule has 1 aliphatic rings. The van der Waals surface area contributed by atoms with Crippen LogP contribution >= 0.6 is 23.4 Å². The summed E-state index contributed by atoms with van der Waals surface area (Å²) < 4.78 is 0. The van der Waals surface area contributed by atoms with Crippen LogP contribution in [0.4, 0.5) is 0 Å². The van der Waals surface area contributed by atoms with Gasteiger partial charge in [0.25, 0.3) is 0 Å². The molecule has 1 aliphatic heterocycles. The number of halogens is 1. The largest absolute Gasteiger partial charge is 0.313 e. The molecule has 1 heterocycles. The molecule has 0 saturated carbocycles. The van der Waals surface area contributed by atoms with Gasteiger partial charge in [0.1, 0.15) is 0 Å². The van der Waals surface area contributed by atoms with Crippen LogP contribution in [0.1, 0.15) is 31.2 Å². The van der Waals surface area contributed by atoms with Gasteiger partial charge in [-0.3, -0.25) is 0 Å². The summed E-state index contributed by atoms with van der Waals surface area (Å²) in [7, 11) is 0. The minimum Gasteiger partial charge on any atom is -0.313 e. The van der Waals surface area contributed by atoms with Crippen molar-refractivity contribution in [2.45, 2.75) is 31.7 Å². The van der Waals surface area contributed by atoms with E-state index in [-0.39, 0.29) is 0 Å². The van der Waals surface area contributed by atoms with E-state index in [2.05, 4.69) is 36.1 Å². The zero-order valence-corrected chi connectivity index (χ0v) is 11.9. The van der Waals surface area contributed by atoms with Crippen LogP contribution in [0.5, 0.6) is 0 Å². The first kappa shape index (κ1) is 13.3. The highest BCUT2D eigenvalue weighted by Gasteiger charge is 2.14. The van der Waals surface area contributed by atoms with Crippen molar-refractivity contribution in [3.8, 4) is 0 Å². The summed E-state index contributed by atoms with van der Waals surface area (Å²) in [6.45, 7) is 3.31. The molecule has 0 aromatic heterocycles. The molecule has 0 radical (unpaired) electrons. The molecule has 1 atom stereocenters. The fourth-order valence-corrected chi connectivity index (χ4v) is 3.48. The molecular formula is C14H20ClNS. The summed E-state index contributed by atoms with van der Waals surface area (Å²) in [5.41, 5.74) is 1.33. The Morgan fingerprint density at radius 1 is 1.41 bits per heavy atom. The predicted octanol–water partition coefficient (Wildman–Crippen LogP) is 3.93. The van der Waals surface area contributed by atoms with Gasteiger partial charge in [0.2, 0.25) is 0 Å². The molecule has 1 nitrogen and oxygen atoms in total. The van der Waals surface area contributed by atoms with E-state index < -0.39 is 0 Å². The topological polar surface area (TPSA) is 12.0 Å². The second-order valence-electron chi connectivity index (χ2n) is 4.75. The summed E-state index contributed by atoms with van der Waals surface area (Å²) in [4.78, 5) is 0. The van der Waals surface area contributed by atoms with Crippen molar-refractivity contribution in [1.29, 1.82) is 0 Å². The molecule has 2 rings (SSSR count). The number of thioether (sulfide) groups is 1. The van der Waals surface area contributed by atoms with Crippen molar-refractivity contribution in [3.63, 3.8) is 0 Å². The Labute approximate surface area is 113 Å². The molecule has 1 saturated heterocycles. The zero-order valence-electron chi connectivity index (χ0n) is 10.3.